The monoisotopic (exact) mass is 266 g/mol. The van der Waals surface area contributed by atoms with Crippen molar-refractivity contribution in [3.8, 4) is 0 Å². The fraction of sp³-hybridized carbons (Fsp3) is 0.692. The van der Waals surface area contributed by atoms with Crippen LogP contribution in [-0.2, 0) is 16.1 Å². The molecule has 1 unspecified atom stereocenters. The van der Waals surface area contributed by atoms with E-state index in [9.17, 15) is 4.79 Å². The summed E-state index contributed by atoms with van der Waals surface area (Å²) in [6.07, 6.45) is 6.81. The molecule has 1 saturated heterocycles. The first-order chi connectivity index (χ1) is 9.19. The predicted octanol–water partition coefficient (Wildman–Crippen LogP) is 0.142. The van der Waals surface area contributed by atoms with Crippen molar-refractivity contribution in [2.24, 2.45) is 11.7 Å². The van der Waals surface area contributed by atoms with E-state index in [-0.39, 0.29) is 18.1 Å². The Bertz CT molecular complexity index is 393. The first-order valence-corrected chi connectivity index (χ1v) is 6.78. The first kappa shape index (κ1) is 14.0. The third-order valence-corrected chi connectivity index (χ3v) is 3.37. The number of ether oxygens (including phenoxy) is 1. The molecular weight excluding hydrogens is 244 g/mol. The van der Waals surface area contributed by atoms with Gasteiger partial charge in [0.15, 0.2) is 0 Å². The molecule has 1 amide bonds. The van der Waals surface area contributed by atoms with Gasteiger partial charge in [0, 0.05) is 32.0 Å². The Labute approximate surface area is 113 Å². The van der Waals surface area contributed by atoms with Crippen molar-refractivity contribution in [2.75, 3.05) is 13.1 Å². The molecule has 0 radical (unpaired) electrons. The fourth-order valence-electron chi connectivity index (χ4n) is 2.28. The Balaban J connectivity index is 1.68. The van der Waals surface area contributed by atoms with Gasteiger partial charge in [0.25, 0.3) is 0 Å². The molecule has 1 aromatic heterocycles. The smallest absolute Gasteiger partial charge is 0.249 e. The van der Waals surface area contributed by atoms with E-state index in [1.54, 1.807) is 12.5 Å². The Hall–Kier alpha value is -1.40. The molecule has 6 nitrogen and oxygen atoms in total. The van der Waals surface area contributed by atoms with Gasteiger partial charge >= 0.3 is 0 Å². The van der Waals surface area contributed by atoms with Crippen LogP contribution in [0, 0.1) is 5.92 Å². The van der Waals surface area contributed by atoms with Crippen LogP contribution in [0.4, 0.5) is 0 Å². The van der Waals surface area contributed by atoms with Gasteiger partial charge in [-0.2, -0.15) is 0 Å². The van der Waals surface area contributed by atoms with Gasteiger partial charge in [0.2, 0.25) is 5.91 Å². The quantitative estimate of drug-likeness (QED) is 0.767. The second-order valence-corrected chi connectivity index (χ2v) is 5.17. The average molecular weight is 266 g/mol. The molecule has 1 aliphatic rings. The van der Waals surface area contributed by atoms with Crippen molar-refractivity contribution < 1.29 is 9.53 Å². The fourth-order valence-corrected chi connectivity index (χ4v) is 2.28. The summed E-state index contributed by atoms with van der Waals surface area (Å²) >= 11 is 0. The third kappa shape index (κ3) is 4.04. The lowest BCUT2D eigenvalue weighted by molar-refractivity contribution is -0.132. The lowest BCUT2D eigenvalue weighted by atomic mass is 10.1. The molecule has 0 aliphatic carbocycles. The zero-order valence-electron chi connectivity index (χ0n) is 11.3. The molecule has 19 heavy (non-hydrogen) atoms. The van der Waals surface area contributed by atoms with Gasteiger partial charge in [0.05, 0.1) is 12.4 Å². The number of imidazole rings is 1. The van der Waals surface area contributed by atoms with Gasteiger partial charge in [-0.3, -0.25) is 4.79 Å². The highest BCUT2D eigenvalue weighted by Gasteiger charge is 2.29. The third-order valence-electron chi connectivity index (χ3n) is 3.37. The number of nitrogens with one attached hydrogen (secondary N) is 1. The van der Waals surface area contributed by atoms with Crippen LogP contribution in [0.15, 0.2) is 18.7 Å². The molecule has 2 rings (SSSR count). The largest absolute Gasteiger partial charge is 0.364 e. The summed E-state index contributed by atoms with van der Waals surface area (Å²) in [5, 5.41) is 2.94. The molecule has 0 saturated carbocycles. The van der Waals surface area contributed by atoms with Crippen LogP contribution in [0.5, 0.6) is 0 Å². The summed E-state index contributed by atoms with van der Waals surface area (Å²) in [7, 11) is 0. The molecule has 3 N–H and O–H groups in total. The van der Waals surface area contributed by atoms with Crippen LogP contribution in [-0.4, -0.2) is 40.8 Å². The van der Waals surface area contributed by atoms with Crippen LogP contribution < -0.4 is 11.1 Å². The van der Waals surface area contributed by atoms with Crippen molar-refractivity contribution >= 4 is 5.91 Å². The van der Waals surface area contributed by atoms with Gasteiger partial charge in [0.1, 0.15) is 6.10 Å². The van der Waals surface area contributed by atoms with Gasteiger partial charge in [-0.25, -0.2) is 4.98 Å². The predicted molar refractivity (Wildman–Crippen MR) is 71.4 cm³/mol. The minimum absolute atomic E-state index is 0.0200. The van der Waals surface area contributed by atoms with E-state index in [0.717, 1.165) is 19.4 Å². The summed E-state index contributed by atoms with van der Waals surface area (Å²) in [5.41, 5.74) is 5.53. The average Bonchev–Trinajstić information content (AvgIpc) is 3.06. The summed E-state index contributed by atoms with van der Waals surface area (Å²) in [4.78, 5) is 15.9. The van der Waals surface area contributed by atoms with Gasteiger partial charge < -0.3 is 20.4 Å². The minimum atomic E-state index is -0.325. The molecule has 0 aromatic carbocycles. The first-order valence-electron chi connectivity index (χ1n) is 6.78. The molecular formula is C13H22N4O2. The van der Waals surface area contributed by atoms with Crippen LogP contribution in [0.25, 0.3) is 0 Å². The molecule has 2 heterocycles. The van der Waals surface area contributed by atoms with E-state index >= 15 is 0 Å². The number of carbonyl (C=O) groups is 1. The van der Waals surface area contributed by atoms with E-state index in [1.807, 2.05) is 10.8 Å². The molecule has 1 fully saturated rings. The molecule has 1 aromatic rings. The summed E-state index contributed by atoms with van der Waals surface area (Å²) in [5.74, 6) is 0.332. The maximum atomic E-state index is 11.9. The highest BCUT2D eigenvalue weighted by Crippen LogP contribution is 2.18. The van der Waals surface area contributed by atoms with Crippen LogP contribution in [0.3, 0.4) is 0 Å². The van der Waals surface area contributed by atoms with Gasteiger partial charge in [-0.15, -0.1) is 0 Å². The Kier molecular flexibility index (Phi) is 4.93. The zero-order chi connectivity index (χ0) is 13.7. The lowest BCUT2D eigenvalue weighted by Crippen LogP contribution is -2.38. The SMILES string of the molecule is CC(CNC(=O)[C@@H]1CC[C@H](CN)O1)Cn1ccnc1. The van der Waals surface area contributed by atoms with E-state index in [1.165, 1.54) is 0 Å². The van der Waals surface area contributed by atoms with E-state index in [4.69, 9.17) is 10.5 Å². The highest BCUT2D eigenvalue weighted by atomic mass is 16.5. The Morgan fingerprint density at radius 2 is 2.47 bits per heavy atom. The molecule has 106 valence electrons. The molecule has 3 atom stereocenters. The van der Waals surface area contributed by atoms with E-state index in [2.05, 4.69) is 17.2 Å². The molecule has 6 heteroatoms. The lowest BCUT2D eigenvalue weighted by Gasteiger charge is -2.16. The Morgan fingerprint density at radius 1 is 1.63 bits per heavy atom. The number of hydrogen-bond donors (Lipinski definition) is 2. The number of carbonyl (C=O) groups excluding carboxylic acids is 1. The van der Waals surface area contributed by atoms with Crippen molar-refractivity contribution in [1.82, 2.24) is 14.9 Å². The van der Waals surface area contributed by atoms with Crippen LogP contribution in [0.2, 0.25) is 0 Å². The highest BCUT2D eigenvalue weighted by molar-refractivity contribution is 5.81. The minimum Gasteiger partial charge on any atom is -0.364 e. The summed E-state index contributed by atoms with van der Waals surface area (Å²) in [6.45, 7) is 4.07. The van der Waals surface area contributed by atoms with Crippen molar-refractivity contribution in [2.45, 2.75) is 38.5 Å². The standard InChI is InChI=1S/C13H22N4O2/c1-10(8-17-5-4-15-9-17)7-16-13(18)12-3-2-11(6-14)19-12/h4-5,9-12H,2-3,6-8,14H2,1H3,(H,16,18)/t10?,11-,12+/m1/s1. The summed E-state index contributed by atoms with van der Waals surface area (Å²) in [6, 6.07) is 0. The number of amides is 1. The Morgan fingerprint density at radius 3 is 3.11 bits per heavy atom. The molecule has 0 spiro atoms. The van der Waals surface area contributed by atoms with Crippen LogP contribution >= 0.6 is 0 Å². The van der Waals surface area contributed by atoms with Crippen molar-refractivity contribution in [3.05, 3.63) is 18.7 Å². The van der Waals surface area contributed by atoms with Gasteiger partial charge in [-0.1, -0.05) is 6.92 Å². The van der Waals surface area contributed by atoms with Crippen molar-refractivity contribution in [3.63, 3.8) is 0 Å². The maximum Gasteiger partial charge on any atom is 0.249 e. The maximum absolute atomic E-state index is 11.9. The molecule has 1 aliphatic heterocycles. The zero-order valence-corrected chi connectivity index (χ0v) is 11.3. The van der Waals surface area contributed by atoms with Gasteiger partial charge in [-0.05, 0) is 18.8 Å². The molecule has 0 bridgehead atoms. The normalized spacial score (nSPS) is 24.3. The number of aromatic nitrogens is 2. The van der Waals surface area contributed by atoms with Crippen LogP contribution in [0.1, 0.15) is 19.8 Å². The topological polar surface area (TPSA) is 82.2 Å². The number of nitrogens with two attached hydrogens (primary N) is 1. The van der Waals surface area contributed by atoms with Crippen molar-refractivity contribution in [1.29, 1.82) is 0 Å². The number of nitrogens with zero attached hydrogens (tertiary/aromatic N) is 2. The van der Waals surface area contributed by atoms with E-state index < -0.39 is 0 Å². The van der Waals surface area contributed by atoms with E-state index in [0.29, 0.717) is 19.0 Å². The second kappa shape index (κ2) is 6.68. The number of rotatable bonds is 6. The second-order valence-electron chi connectivity index (χ2n) is 5.17. The number of hydrogen-bond acceptors (Lipinski definition) is 4. The summed E-state index contributed by atoms with van der Waals surface area (Å²) < 4.78 is 7.57.